The molecule has 2 aliphatic carbocycles. The molecule has 2 aliphatic rings. The topological polar surface area (TPSA) is 66.4 Å². The number of carboxylic acids is 1. The molecule has 0 heterocycles. The zero-order valence-electron chi connectivity index (χ0n) is 8.19. The highest BCUT2D eigenvalue weighted by Gasteiger charge is 2.51. The number of hydrogen-bond donors (Lipinski definition) is 2. The molecule has 0 aromatic heterocycles. The summed E-state index contributed by atoms with van der Waals surface area (Å²) in [7, 11) is 0. The van der Waals surface area contributed by atoms with Crippen molar-refractivity contribution >= 4 is 11.9 Å². The number of nitrogens with one attached hydrogen (secondary N) is 1. The van der Waals surface area contributed by atoms with Gasteiger partial charge in [0.15, 0.2) is 0 Å². The Hall–Kier alpha value is -1.06. The Bertz CT molecular complexity index is 277. The van der Waals surface area contributed by atoms with Gasteiger partial charge in [-0.05, 0) is 31.1 Å². The van der Waals surface area contributed by atoms with E-state index in [-0.39, 0.29) is 23.8 Å². The van der Waals surface area contributed by atoms with E-state index in [1.54, 1.807) is 0 Å². The van der Waals surface area contributed by atoms with Crippen LogP contribution in [0, 0.1) is 17.8 Å². The Morgan fingerprint density at radius 3 is 2.50 bits per heavy atom. The lowest BCUT2D eigenvalue weighted by molar-refractivity contribution is -0.144. The van der Waals surface area contributed by atoms with Crippen LogP contribution in [0.25, 0.3) is 0 Å². The molecule has 0 aromatic carbocycles. The maximum Gasteiger partial charge on any atom is 0.308 e. The molecular weight excluding hydrogens is 182 g/mol. The number of carboxylic acid groups (broad SMARTS) is 1. The highest BCUT2D eigenvalue weighted by Crippen LogP contribution is 2.48. The lowest BCUT2D eigenvalue weighted by atomic mass is 9.84. The predicted molar refractivity (Wildman–Crippen MR) is 49.6 cm³/mol. The molecule has 2 rings (SSSR count). The Balaban J connectivity index is 2.13. The number of rotatable bonds is 2. The van der Waals surface area contributed by atoms with Gasteiger partial charge in [0.25, 0.3) is 0 Å². The summed E-state index contributed by atoms with van der Waals surface area (Å²) in [5.74, 6) is -0.540. The third-order valence-corrected chi connectivity index (χ3v) is 3.57. The smallest absolute Gasteiger partial charge is 0.308 e. The zero-order valence-corrected chi connectivity index (χ0v) is 8.19. The molecule has 0 aliphatic heterocycles. The molecule has 0 radical (unpaired) electrons. The maximum atomic E-state index is 11.0. The lowest BCUT2D eigenvalue weighted by Gasteiger charge is -2.28. The summed E-state index contributed by atoms with van der Waals surface area (Å²) in [5.41, 5.74) is 0. The summed E-state index contributed by atoms with van der Waals surface area (Å²) in [6.45, 7) is 1.45. The van der Waals surface area contributed by atoms with Crippen LogP contribution < -0.4 is 5.32 Å². The van der Waals surface area contributed by atoms with E-state index in [0.29, 0.717) is 5.92 Å². The summed E-state index contributed by atoms with van der Waals surface area (Å²) >= 11 is 0. The molecule has 0 unspecified atom stereocenters. The average molecular weight is 197 g/mol. The van der Waals surface area contributed by atoms with E-state index in [4.69, 9.17) is 5.11 Å². The Labute approximate surface area is 82.7 Å². The van der Waals surface area contributed by atoms with Crippen LogP contribution in [0.5, 0.6) is 0 Å². The van der Waals surface area contributed by atoms with Crippen molar-refractivity contribution in [3.8, 4) is 0 Å². The number of carbonyl (C=O) groups excluding carboxylic acids is 1. The monoisotopic (exact) mass is 197 g/mol. The van der Waals surface area contributed by atoms with Gasteiger partial charge < -0.3 is 10.4 Å². The second-order valence-electron chi connectivity index (χ2n) is 4.42. The van der Waals surface area contributed by atoms with Gasteiger partial charge in [-0.25, -0.2) is 0 Å². The van der Waals surface area contributed by atoms with Gasteiger partial charge in [0.05, 0.1) is 5.92 Å². The molecule has 4 heteroatoms. The normalized spacial score (nSPS) is 39.8. The van der Waals surface area contributed by atoms with Gasteiger partial charge in [0.2, 0.25) is 5.91 Å². The highest BCUT2D eigenvalue weighted by atomic mass is 16.4. The van der Waals surface area contributed by atoms with Crippen molar-refractivity contribution in [1.82, 2.24) is 5.32 Å². The second-order valence-corrected chi connectivity index (χ2v) is 4.42. The average Bonchev–Trinajstić information content (AvgIpc) is 2.61. The first-order chi connectivity index (χ1) is 6.59. The highest BCUT2D eigenvalue weighted by molar-refractivity contribution is 5.77. The molecule has 78 valence electrons. The SMILES string of the molecule is CC(=O)N[C@@H]1[C@H]2CC[C@H](C2)[C@@H]1C(=O)O. The van der Waals surface area contributed by atoms with E-state index in [1.165, 1.54) is 6.92 Å². The van der Waals surface area contributed by atoms with Crippen molar-refractivity contribution in [3.63, 3.8) is 0 Å². The molecule has 4 nitrogen and oxygen atoms in total. The minimum atomic E-state index is -0.754. The fraction of sp³-hybridized carbons (Fsp3) is 0.800. The summed E-state index contributed by atoms with van der Waals surface area (Å²) < 4.78 is 0. The molecule has 2 bridgehead atoms. The quantitative estimate of drug-likeness (QED) is 0.682. The molecule has 2 saturated carbocycles. The molecular formula is C10H15NO3. The number of amides is 1. The predicted octanol–water partition coefficient (Wildman–Crippen LogP) is 0.622. The van der Waals surface area contributed by atoms with E-state index in [9.17, 15) is 9.59 Å². The standard InChI is InChI=1S/C10H15NO3/c1-5(12)11-9-7-3-2-6(4-7)8(9)10(13)14/h6-9H,2-4H2,1H3,(H,11,12)(H,13,14)/t6-,7+,8+,9-/m1/s1. The van der Waals surface area contributed by atoms with Gasteiger partial charge in [0.1, 0.15) is 0 Å². The van der Waals surface area contributed by atoms with Crippen LogP contribution in [0.4, 0.5) is 0 Å². The van der Waals surface area contributed by atoms with Crippen molar-refractivity contribution in [3.05, 3.63) is 0 Å². The largest absolute Gasteiger partial charge is 0.481 e. The summed E-state index contributed by atoms with van der Waals surface area (Å²) in [4.78, 5) is 22.0. The van der Waals surface area contributed by atoms with Crippen LogP contribution in [0.2, 0.25) is 0 Å². The van der Waals surface area contributed by atoms with Gasteiger partial charge >= 0.3 is 5.97 Å². The van der Waals surface area contributed by atoms with Gasteiger partial charge in [-0.15, -0.1) is 0 Å². The molecule has 2 N–H and O–H groups in total. The first-order valence-electron chi connectivity index (χ1n) is 5.09. The van der Waals surface area contributed by atoms with E-state index in [1.807, 2.05) is 0 Å². The third kappa shape index (κ3) is 1.38. The first-order valence-corrected chi connectivity index (χ1v) is 5.09. The summed E-state index contributed by atoms with van der Waals surface area (Å²) in [5, 5.41) is 11.9. The van der Waals surface area contributed by atoms with Crippen LogP contribution in [0.1, 0.15) is 26.2 Å². The number of carbonyl (C=O) groups is 2. The van der Waals surface area contributed by atoms with Crippen molar-refractivity contribution in [2.24, 2.45) is 17.8 Å². The number of hydrogen-bond acceptors (Lipinski definition) is 2. The van der Waals surface area contributed by atoms with Crippen molar-refractivity contribution in [2.75, 3.05) is 0 Å². The Morgan fingerprint density at radius 2 is 1.93 bits per heavy atom. The van der Waals surface area contributed by atoms with E-state index >= 15 is 0 Å². The molecule has 0 aromatic rings. The fourth-order valence-corrected chi connectivity index (χ4v) is 3.09. The van der Waals surface area contributed by atoms with Crippen molar-refractivity contribution in [2.45, 2.75) is 32.2 Å². The molecule has 4 atom stereocenters. The molecule has 1 amide bonds. The molecule has 0 saturated heterocycles. The molecule has 14 heavy (non-hydrogen) atoms. The molecule has 0 spiro atoms. The van der Waals surface area contributed by atoms with Gasteiger partial charge in [-0.2, -0.15) is 0 Å². The lowest BCUT2D eigenvalue weighted by Crippen LogP contribution is -2.46. The second kappa shape index (κ2) is 3.26. The molecule has 2 fully saturated rings. The van der Waals surface area contributed by atoms with Crippen LogP contribution in [-0.2, 0) is 9.59 Å². The van der Waals surface area contributed by atoms with Crippen LogP contribution in [-0.4, -0.2) is 23.0 Å². The van der Waals surface area contributed by atoms with Gasteiger partial charge in [-0.1, -0.05) is 0 Å². The van der Waals surface area contributed by atoms with Crippen molar-refractivity contribution in [1.29, 1.82) is 0 Å². The fourth-order valence-electron chi connectivity index (χ4n) is 3.09. The van der Waals surface area contributed by atoms with Crippen LogP contribution in [0.15, 0.2) is 0 Å². The number of fused-ring (bicyclic) bond motifs is 2. The summed E-state index contributed by atoms with van der Waals surface area (Å²) in [6, 6.07) is -0.122. The first kappa shape index (κ1) is 9.49. The van der Waals surface area contributed by atoms with Gasteiger partial charge in [-0.3, -0.25) is 9.59 Å². The van der Waals surface area contributed by atoms with Gasteiger partial charge in [0, 0.05) is 13.0 Å². The zero-order chi connectivity index (χ0) is 10.3. The number of aliphatic carboxylic acids is 1. The minimum absolute atomic E-state index is 0.117. The Kier molecular flexibility index (Phi) is 2.21. The minimum Gasteiger partial charge on any atom is -0.481 e. The van der Waals surface area contributed by atoms with E-state index < -0.39 is 5.97 Å². The van der Waals surface area contributed by atoms with E-state index in [2.05, 4.69) is 5.32 Å². The Morgan fingerprint density at radius 1 is 1.29 bits per heavy atom. The third-order valence-electron chi connectivity index (χ3n) is 3.57. The van der Waals surface area contributed by atoms with Crippen LogP contribution >= 0.6 is 0 Å². The maximum absolute atomic E-state index is 11.0. The van der Waals surface area contributed by atoms with E-state index in [0.717, 1.165) is 19.3 Å². The van der Waals surface area contributed by atoms with Crippen molar-refractivity contribution < 1.29 is 14.7 Å². The summed E-state index contributed by atoms with van der Waals surface area (Å²) in [6.07, 6.45) is 3.05. The van der Waals surface area contributed by atoms with Crippen LogP contribution in [0.3, 0.4) is 0 Å².